The lowest BCUT2D eigenvalue weighted by molar-refractivity contribution is -0.110. The normalized spacial score (nSPS) is 17.3. The van der Waals surface area contributed by atoms with Crippen molar-refractivity contribution in [2.75, 3.05) is 13.7 Å². The molecule has 1 saturated heterocycles. The van der Waals surface area contributed by atoms with E-state index in [0.717, 1.165) is 41.3 Å². The number of hydrogen-bond donors (Lipinski definition) is 1. The first kappa shape index (κ1) is 23.9. The number of nitrogens with zero attached hydrogens (tertiary/aromatic N) is 6. The van der Waals surface area contributed by atoms with Crippen LogP contribution in [0.1, 0.15) is 23.4 Å². The van der Waals surface area contributed by atoms with E-state index in [0.29, 0.717) is 42.0 Å². The van der Waals surface area contributed by atoms with E-state index in [2.05, 4.69) is 25.7 Å². The maximum atomic E-state index is 10.6. The quantitative estimate of drug-likeness (QED) is 0.276. The number of rotatable bonds is 10. The number of nitrogens with one attached hydrogen (secondary N) is 1. The summed E-state index contributed by atoms with van der Waals surface area (Å²) in [5, 5.41) is 21.9. The number of carbonyl (C=O) groups is 1. The molecule has 1 aromatic carbocycles. The van der Waals surface area contributed by atoms with Crippen molar-refractivity contribution >= 4 is 22.8 Å². The maximum absolute atomic E-state index is 10.6. The first-order valence-electron chi connectivity index (χ1n) is 12.2. The molecule has 12 nitrogen and oxygen atoms in total. The average molecular weight is 516 g/mol. The molecular weight excluding hydrogens is 490 g/mol. The minimum absolute atomic E-state index is 0.0620. The summed E-state index contributed by atoms with van der Waals surface area (Å²) in [7, 11) is 1.59. The molecule has 2 atom stereocenters. The molecular formula is C26H25N7O5. The highest BCUT2D eigenvalue weighted by atomic mass is 16.5. The molecule has 1 aliphatic heterocycles. The van der Waals surface area contributed by atoms with Crippen LogP contribution in [0.3, 0.4) is 0 Å². The molecule has 12 heteroatoms. The number of ether oxygens (including phenoxy) is 3. The van der Waals surface area contributed by atoms with E-state index in [1.807, 2.05) is 42.6 Å². The fourth-order valence-corrected chi connectivity index (χ4v) is 4.57. The minimum Gasteiger partial charge on any atom is -0.470 e. The third-order valence-corrected chi connectivity index (χ3v) is 6.39. The lowest BCUT2D eigenvalue weighted by Crippen LogP contribution is -2.27. The molecule has 2 unspecified atom stereocenters. The predicted octanol–water partition coefficient (Wildman–Crippen LogP) is 2.50. The van der Waals surface area contributed by atoms with Crippen LogP contribution in [0.2, 0.25) is 0 Å². The molecule has 0 aliphatic carbocycles. The van der Waals surface area contributed by atoms with Crippen LogP contribution in [0.4, 0.5) is 0 Å². The Balaban J connectivity index is 1.21. The number of benzene rings is 1. The summed E-state index contributed by atoms with van der Waals surface area (Å²) in [5.74, 6) is 1.43. The molecule has 1 amide bonds. The molecule has 0 saturated carbocycles. The lowest BCUT2D eigenvalue weighted by atomic mass is 10.1. The van der Waals surface area contributed by atoms with Gasteiger partial charge in [0.2, 0.25) is 18.1 Å². The molecule has 1 fully saturated rings. The van der Waals surface area contributed by atoms with Gasteiger partial charge in [0.15, 0.2) is 17.1 Å². The standard InChI is InChI=1S/C26H25N7O5/c1-35-14-20-10-23(32-38-20)25-30-29-24-21-4-2-3-5-22(21)26(31-33(24)25)37-12-17-7-6-16(11-27-17)8-19-9-18(13-36-19)28-15-34/h2-7,10-11,15,18-19H,8-9,12-14H2,1H3,(H,28,34). The molecule has 0 bridgehead atoms. The van der Waals surface area contributed by atoms with Crippen molar-refractivity contribution in [2.45, 2.75) is 38.2 Å². The molecule has 0 radical (unpaired) electrons. The molecule has 0 spiro atoms. The van der Waals surface area contributed by atoms with Crippen LogP contribution in [0, 0.1) is 0 Å². The zero-order chi connectivity index (χ0) is 25.9. The van der Waals surface area contributed by atoms with E-state index in [1.54, 1.807) is 17.7 Å². The van der Waals surface area contributed by atoms with Crippen LogP contribution in [0.15, 0.2) is 53.2 Å². The van der Waals surface area contributed by atoms with Crippen LogP contribution >= 0.6 is 0 Å². The van der Waals surface area contributed by atoms with Crippen molar-refractivity contribution in [1.29, 1.82) is 0 Å². The van der Waals surface area contributed by atoms with Crippen molar-refractivity contribution in [2.24, 2.45) is 0 Å². The Hall–Kier alpha value is -4.42. The van der Waals surface area contributed by atoms with Crippen molar-refractivity contribution in [3.8, 4) is 17.4 Å². The van der Waals surface area contributed by atoms with E-state index in [9.17, 15) is 4.79 Å². The van der Waals surface area contributed by atoms with Gasteiger partial charge in [-0.05, 0) is 24.1 Å². The summed E-state index contributed by atoms with van der Waals surface area (Å²) in [6, 6.07) is 13.5. The molecule has 4 aromatic heterocycles. The fourth-order valence-electron chi connectivity index (χ4n) is 4.57. The SMILES string of the molecule is COCc1cc(-c2nnc3c4ccccc4c(OCc4ccc(CC5CC(NC=O)CO5)cn4)nn23)no1. The third kappa shape index (κ3) is 4.78. The van der Waals surface area contributed by atoms with Gasteiger partial charge in [0.05, 0.1) is 24.4 Å². The molecule has 5 heterocycles. The van der Waals surface area contributed by atoms with Gasteiger partial charge in [0.1, 0.15) is 13.2 Å². The second-order valence-electron chi connectivity index (χ2n) is 9.04. The highest BCUT2D eigenvalue weighted by Crippen LogP contribution is 2.29. The van der Waals surface area contributed by atoms with Gasteiger partial charge < -0.3 is 24.1 Å². The molecule has 1 N–H and O–H groups in total. The van der Waals surface area contributed by atoms with Gasteiger partial charge in [-0.1, -0.05) is 29.4 Å². The Kier molecular flexibility index (Phi) is 6.63. The second kappa shape index (κ2) is 10.5. The molecule has 5 aromatic rings. The lowest BCUT2D eigenvalue weighted by Gasteiger charge is -2.11. The molecule has 1 aliphatic rings. The minimum atomic E-state index is 0.0620. The largest absolute Gasteiger partial charge is 0.470 e. The summed E-state index contributed by atoms with van der Waals surface area (Å²) < 4.78 is 24.0. The van der Waals surface area contributed by atoms with Gasteiger partial charge in [-0.25, -0.2) is 0 Å². The van der Waals surface area contributed by atoms with E-state index < -0.39 is 0 Å². The number of carbonyl (C=O) groups excluding carboxylic acids is 1. The van der Waals surface area contributed by atoms with Crippen LogP contribution in [-0.4, -0.2) is 62.2 Å². The van der Waals surface area contributed by atoms with Gasteiger partial charge in [-0.15, -0.1) is 15.3 Å². The summed E-state index contributed by atoms with van der Waals surface area (Å²) in [6.07, 6.45) is 4.14. The van der Waals surface area contributed by atoms with Crippen molar-refractivity contribution in [3.63, 3.8) is 0 Å². The highest BCUT2D eigenvalue weighted by molar-refractivity contribution is 5.96. The maximum Gasteiger partial charge on any atom is 0.240 e. The van der Waals surface area contributed by atoms with Crippen molar-refractivity contribution in [1.82, 2.24) is 35.3 Å². The smallest absolute Gasteiger partial charge is 0.240 e. The van der Waals surface area contributed by atoms with Gasteiger partial charge in [0, 0.05) is 36.6 Å². The summed E-state index contributed by atoms with van der Waals surface area (Å²) in [5.41, 5.74) is 2.90. The molecule has 6 rings (SSSR count). The van der Waals surface area contributed by atoms with Gasteiger partial charge >= 0.3 is 0 Å². The molecule has 194 valence electrons. The van der Waals surface area contributed by atoms with E-state index in [-0.39, 0.29) is 18.8 Å². The Labute approximate surface area is 216 Å². The van der Waals surface area contributed by atoms with Crippen LogP contribution < -0.4 is 10.1 Å². The fraction of sp³-hybridized carbons (Fsp3) is 0.308. The number of methoxy groups -OCH3 is 1. The Morgan fingerprint density at radius 3 is 2.87 bits per heavy atom. The topological polar surface area (TPSA) is 139 Å². The highest BCUT2D eigenvalue weighted by Gasteiger charge is 2.25. The summed E-state index contributed by atoms with van der Waals surface area (Å²) in [6.45, 7) is 1.06. The number of hydrogen-bond acceptors (Lipinski definition) is 10. The van der Waals surface area contributed by atoms with Crippen LogP contribution in [-0.2, 0) is 33.9 Å². The van der Waals surface area contributed by atoms with Crippen molar-refractivity contribution in [3.05, 3.63) is 65.7 Å². The van der Waals surface area contributed by atoms with Crippen LogP contribution in [0.5, 0.6) is 5.88 Å². The number of pyridine rings is 1. The summed E-state index contributed by atoms with van der Waals surface area (Å²) in [4.78, 5) is 15.2. The number of aromatic nitrogens is 6. The van der Waals surface area contributed by atoms with Gasteiger partial charge in [-0.3, -0.25) is 9.78 Å². The Morgan fingerprint density at radius 1 is 1.16 bits per heavy atom. The zero-order valence-corrected chi connectivity index (χ0v) is 20.6. The number of fused-ring (bicyclic) bond motifs is 3. The Morgan fingerprint density at radius 2 is 2.05 bits per heavy atom. The zero-order valence-electron chi connectivity index (χ0n) is 20.6. The first-order chi connectivity index (χ1) is 18.7. The van der Waals surface area contributed by atoms with Crippen LogP contribution in [0.25, 0.3) is 27.9 Å². The van der Waals surface area contributed by atoms with E-state index in [1.165, 1.54) is 0 Å². The van der Waals surface area contributed by atoms with Gasteiger partial charge in [0.25, 0.3) is 0 Å². The first-order valence-corrected chi connectivity index (χ1v) is 12.2. The van der Waals surface area contributed by atoms with Crippen molar-refractivity contribution < 1.29 is 23.5 Å². The van der Waals surface area contributed by atoms with E-state index in [4.69, 9.17) is 23.8 Å². The number of amides is 1. The molecule has 38 heavy (non-hydrogen) atoms. The second-order valence-corrected chi connectivity index (χ2v) is 9.04. The Bertz CT molecular complexity index is 1570. The van der Waals surface area contributed by atoms with E-state index >= 15 is 0 Å². The predicted molar refractivity (Wildman–Crippen MR) is 134 cm³/mol. The monoisotopic (exact) mass is 515 g/mol. The summed E-state index contributed by atoms with van der Waals surface area (Å²) >= 11 is 0. The third-order valence-electron chi connectivity index (χ3n) is 6.39. The average Bonchev–Trinajstić information content (AvgIpc) is 3.69. The van der Waals surface area contributed by atoms with Gasteiger partial charge in [-0.2, -0.15) is 4.52 Å².